The molecular formula is C13H23NS. The van der Waals surface area contributed by atoms with E-state index in [9.17, 15) is 0 Å². The number of fused-ring (bicyclic) bond motifs is 2. The third-order valence-corrected chi connectivity index (χ3v) is 6.32. The molecule has 3 aliphatic rings. The van der Waals surface area contributed by atoms with Crippen molar-refractivity contribution in [2.75, 3.05) is 18.6 Å². The maximum Gasteiger partial charge on any atom is 0.0191 e. The molecule has 15 heavy (non-hydrogen) atoms. The molecule has 1 aliphatic heterocycles. The van der Waals surface area contributed by atoms with E-state index in [2.05, 4.69) is 24.1 Å². The number of nitrogens with one attached hydrogen (secondary N) is 1. The molecule has 0 aromatic heterocycles. The highest BCUT2D eigenvalue weighted by Crippen LogP contribution is 2.51. The quantitative estimate of drug-likeness (QED) is 0.792. The van der Waals surface area contributed by atoms with Gasteiger partial charge in [0.1, 0.15) is 0 Å². The summed E-state index contributed by atoms with van der Waals surface area (Å²) in [6.45, 7) is 0. The molecule has 0 aromatic rings. The summed E-state index contributed by atoms with van der Waals surface area (Å²) in [7, 11) is 2.14. The van der Waals surface area contributed by atoms with Crippen LogP contribution in [0.4, 0.5) is 0 Å². The van der Waals surface area contributed by atoms with Crippen molar-refractivity contribution in [3.63, 3.8) is 0 Å². The Hall–Kier alpha value is 0.310. The Labute approximate surface area is 97.8 Å². The second-order valence-corrected chi connectivity index (χ2v) is 6.94. The molecule has 3 rings (SSSR count). The van der Waals surface area contributed by atoms with E-state index in [1.54, 1.807) is 25.7 Å². The zero-order valence-corrected chi connectivity index (χ0v) is 10.6. The predicted molar refractivity (Wildman–Crippen MR) is 67.2 cm³/mol. The predicted octanol–water partition coefficient (Wildman–Crippen LogP) is 2.76. The fraction of sp³-hybridized carbons (Fsp3) is 1.00. The molecule has 1 nitrogen and oxygen atoms in total. The van der Waals surface area contributed by atoms with Gasteiger partial charge in [0.15, 0.2) is 0 Å². The molecular weight excluding hydrogens is 202 g/mol. The molecule has 2 bridgehead atoms. The zero-order valence-electron chi connectivity index (χ0n) is 9.74. The maximum absolute atomic E-state index is 3.51. The molecule has 2 saturated carbocycles. The molecule has 0 radical (unpaired) electrons. The number of thioether (sulfide) groups is 1. The lowest BCUT2D eigenvalue weighted by Crippen LogP contribution is -2.34. The summed E-state index contributed by atoms with van der Waals surface area (Å²) < 4.78 is 0. The van der Waals surface area contributed by atoms with Crippen molar-refractivity contribution >= 4 is 11.8 Å². The lowest BCUT2D eigenvalue weighted by molar-refractivity contribution is 0.259. The summed E-state index contributed by atoms with van der Waals surface area (Å²) in [5.74, 6) is 7.09. The van der Waals surface area contributed by atoms with E-state index < -0.39 is 0 Å². The molecule has 2 heteroatoms. The SMILES string of the molecule is CNC1CSCC1CC1CC2CCC1C2. The first-order valence-electron chi connectivity index (χ1n) is 6.62. The first-order valence-corrected chi connectivity index (χ1v) is 7.77. The summed E-state index contributed by atoms with van der Waals surface area (Å²) in [6.07, 6.45) is 7.78. The molecule has 1 heterocycles. The van der Waals surface area contributed by atoms with Gasteiger partial charge in [0.2, 0.25) is 0 Å². The summed E-state index contributed by atoms with van der Waals surface area (Å²) in [4.78, 5) is 0. The monoisotopic (exact) mass is 225 g/mol. The second kappa shape index (κ2) is 4.29. The van der Waals surface area contributed by atoms with Gasteiger partial charge in [-0.05, 0) is 62.2 Å². The topological polar surface area (TPSA) is 12.0 Å². The lowest BCUT2D eigenvalue weighted by atomic mass is 9.81. The summed E-state index contributed by atoms with van der Waals surface area (Å²) in [6, 6.07) is 0.814. The van der Waals surface area contributed by atoms with Gasteiger partial charge in [-0.3, -0.25) is 0 Å². The Morgan fingerprint density at radius 1 is 1.13 bits per heavy atom. The van der Waals surface area contributed by atoms with E-state index in [0.717, 1.165) is 29.7 Å². The molecule has 2 aliphatic carbocycles. The molecule has 0 spiro atoms. The fourth-order valence-electron chi connectivity index (χ4n) is 4.20. The normalized spacial score (nSPS) is 49.0. The van der Waals surface area contributed by atoms with Gasteiger partial charge in [-0.2, -0.15) is 11.8 Å². The van der Waals surface area contributed by atoms with Gasteiger partial charge in [0.25, 0.3) is 0 Å². The smallest absolute Gasteiger partial charge is 0.0191 e. The van der Waals surface area contributed by atoms with Crippen LogP contribution in [0.1, 0.15) is 32.1 Å². The van der Waals surface area contributed by atoms with Gasteiger partial charge >= 0.3 is 0 Å². The minimum atomic E-state index is 0.814. The first kappa shape index (κ1) is 10.5. The van der Waals surface area contributed by atoms with Crippen molar-refractivity contribution in [3.8, 4) is 0 Å². The molecule has 0 aromatic carbocycles. The number of hydrogen-bond acceptors (Lipinski definition) is 2. The van der Waals surface area contributed by atoms with Gasteiger partial charge in [0.05, 0.1) is 0 Å². The van der Waals surface area contributed by atoms with Gasteiger partial charge in [-0.25, -0.2) is 0 Å². The van der Waals surface area contributed by atoms with Gasteiger partial charge in [-0.15, -0.1) is 0 Å². The Bertz CT molecular complexity index is 227. The van der Waals surface area contributed by atoms with E-state index in [-0.39, 0.29) is 0 Å². The van der Waals surface area contributed by atoms with Crippen LogP contribution in [0.2, 0.25) is 0 Å². The van der Waals surface area contributed by atoms with Crippen LogP contribution in [0.3, 0.4) is 0 Å². The molecule has 1 saturated heterocycles. The first-order chi connectivity index (χ1) is 7.36. The van der Waals surface area contributed by atoms with Crippen LogP contribution in [-0.4, -0.2) is 24.6 Å². The third kappa shape index (κ3) is 1.95. The standard InChI is InChI=1S/C13H23NS/c1-14-13-8-15-7-12(13)6-11-5-9-2-3-10(11)4-9/h9-14H,2-8H2,1H3. The molecule has 1 N–H and O–H groups in total. The van der Waals surface area contributed by atoms with E-state index >= 15 is 0 Å². The van der Waals surface area contributed by atoms with Crippen molar-refractivity contribution in [3.05, 3.63) is 0 Å². The summed E-state index contributed by atoms with van der Waals surface area (Å²) in [5, 5.41) is 3.51. The van der Waals surface area contributed by atoms with Crippen molar-refractivity contribution in [1.82, 2.24) is 5.32 Å². The Morgan fingerprint density at radius 2 is 2.07 bits per heavy atom. The Morgan fingerprint density at radius 3 is 2.73 bits per heavy atom. The highest BCUT2D eigenvalue weighted by molar-refractivity contribution is 7.99. The minimum Gasteiger partial charge on any atom is -0.316 e. The van der Waals surface area contributed by atoms with Crippen LogP contribution in [0.5, 0.6) is 0 Å². The van der Waals surface area contributed by atoms with E-state index in [1.807, 2.05) is 0 Å². The van der Waals surface area contributed by atoms with E-state index in [0.29, 0.717) is 0 Å². The molecule has 0 amide bonds. The average Bonchev–Trinajstić information content (AvgIpc) is 2.92. The Balaban J connectivity index is 1.56. The highest BCUT2D eigenvalue weighted by atomic mass is 32.2. The molecule has 3 fully saturated rings. The second-order valence-electron chi connectivity index (χ2n) is 5.86. The fourth-order valence-corrected chi connectivity index (χ4v) is 5.70. The Kier molecular flexibility index (Phi) is 2.99. The van der Waals surface area contributed by atoms with Crippen LogP contribution < -0.4 is 5.32 Å². The largest absolute Gasteiger partial charge is 0.316 e. The number of hydrogen-bond donors (Lipinski definition) is 1. The van der Waals surface area contributed by atoms with Gasteiger partial charge in [-0.1, -0.05) is 6.42 Å². The van der Waals surface area contributed by atoms with Crippen molar-refractivity contribution < 1.29 is 0 Å². The number of rotatable bonds is 3. The molecule has 86 valence electrons. The molecule has 5 atom stereocenters. The van der Waals surface area contributed by atoms with Crippen LogP contribution in [0.15, 0.2) is 0 Å². The maximum atomic E-state index is 3.51. The van der Waals surface area contributed by atoms with Crippen molar-refractivity contribution in [2.45, 2.75) is 38.1 Å². The van der Waals surface area contributed by atoms with Crippen LogP contribution in [-0.2, 0) is 0 Å². The van der Waals surface area contributed by atoms with Crippen molar-refractivity contribution in [2.24, 2.45) is 23.7 Å². The van der Waals surface area contributed by atoms with E-state index in [1.165, 1.54) is 17.9 Å². The highest BCUT2D eigenvalue weighted by Gasteiger charge is 2.41. The minimum absolute atomic E-state index is 0.814. The molecule has 5 unspecified atom stereocenters. The average molecular weight is 225 g/mol. The van der Waals surface area contributed by atoms with Crippen LogP contribution >= 0.6 is 11.8 Å². The van der Waals surface area contributed by atoms with Crippen LogP contribution in [0, 0.1) is 23.7 Å². The van der Waals surface area contributed by atoms with Crippen LogP contribution in [0.25, 0.3) is 0 Å². The summed E-state index contributed by atoms with van der Waals surface area (Å²) in [5.41, 5.74) is 0. The van der Waals surface area contributed by atoms with E-state index in [4.69, 9.17) is 0 Å². The summed E-state index contributed by atoms with van der Waals surface area (Å²) >= 11 is 2.16. The van der Waals surface area contributed by atoms with Gasteiger partial charge < -0.3 is 5.32 Å². The lowest BCUT2D eigenvalue weighted by Gasteiger charge is -2.27. The van der Waals surface area contributed by atoms with Crippen molar-refractivity contribution in [1.29, 1.82) is 0 Å². The third-order valence-electron chi connectivity index (χ3n) is 5.06. The van der Waals surface area contributed by atoms with Gasteiger partial charge in [0, 0.05) is 11.8 Å². The zero-order chi connectivity index (χ0) is 10.3.